The first-order chi connectivity index (χ1) is 16.9. The highest BCUT2D eigenvalue weighted by Gasteiger charge is 2.38. The molecule has 2 aromatic carbocycles. The van der Waals surface area contributed by atoms with Crippen LogP contribution in [0.5, 0.6) is 0 Å². The van der Waals surface area contributed by atoms with E-state index in [4.69, 9.17) is 9.47 Å². The van der Waals surface area contributed by atoms with Gasteiger partial charge in [-0.1, -0.05) is 48.5 Å². The number of hydrogen-bond donors (Lipinski definition) is 3. The number of carbonyl (C=O) groups is 3. The van der Waals surface area contributed by atoms with Gasteiger partial charge < -0.3 is 25.2 Å². The molecule has 0 bridgehead atoms. The summed E-state index contributed by atoms with van der Waals surface area (Å²) in [4.78, 5) is 37.2. The Morgan fingerprint density at radius 3 is 2.23 bits per heavy atom. The fourth-order valence-electron chi connectivity index (χ4n) is 4.88. The Morgan fingerprint density at radius 1 is 1.06 bits per heavy atom. The van der Waals surface area contributed by atoms with Crippen molar-refractivity contribution in [2.24, 2.45) is 0 Å². The summed E-state index contributed by atoms with van der Waals surface area (Å²) < 4.78 is 10.7. The summed E-state index contributed by atoms with van der Waals surface area (Å²) in [6, 6.07) is 15.1. The van der Waals surface area contributed by atoms with E-state index in [1.54, 1.807) is 11.8 Å². The number of ether oxygens (including phenoxy) is 2. The van der Waals surface area contributed by atoms with Crippen LogP contribution in [0, 0.1) is 0 Å². The molecule has 1 unspecified atom stereocenters. The number of carboxylic acid groups (broad SMARTS) is 1. The van der Waals surface area contributed by atoms with Crippen molar-refractivity contribution in [3.63, 3.8) is 0 Å². The summed E-state index contributed by atoms with van der Waals surface area (Å²) in [5, 5.41) is 14.9. The summed E-state index contributed by atoms with van der Waals surface area (Å²) in [6.07, 6.45) is 0.223. The number of hydrogen-bond acceptors (Lipinski definition) is 6. The van der Waals surface area contributed by atoms with Crippen LogP contribution < -0.4 is 10.6 Å². The van der Waals surface area contributed by atoms with Crippen LogP contribution in [-0.2, 0) is 19.1 Å². The van der Waals surface area contributed by atoms with Gasteiger partial charge in [0, 0.05) is 13.0 Å². The maximum absolute atomic E-state index is 13.1. The Kier molecular flexibility index (Phi) is 7.97. The molecule has 1 atom stereocenters. The van der Waals surface area contributed by atoms with Gasteiger partial charge in [-0.25, -0.2) is 4.79 Å². The predicted octanol–water partition coefficient (Wildman–Crippen LogP) is 3.40. The zero-order valence-electron chi connectivity index (χ0n) is 19.6. The lowest BCUT2D eigenvalue weighted by molar-refractivity contribution is -0.139. The van der Waals surface area contributed by atoms with Crippen molar-refractivity contribution in [3.05, 3.63) is 59.7 Å². The minimum Gasteiger partial charge on any atom is -0.481 e. The van der Waals surface area contributed by atoms with E-state index in [9.17, 15) is 19.5 Å². The standard InChI is InChI=1S/C26H30N2O6S/c1-33-16-22(24(31)28-26(14-23(29)30)10-12-35-13-11-26)27-25(32)34-15-21-19-8-4-2-6-17(19)18-7-3-5-9-20(18)21/h2-9,21-22H,10-16H2,1H3,(H,27,32)(H,28,31)(H,29,30). The van der Waals surface area contributed by atoms with E-state index in [0.717, 1.165) is 33.8 Å². The van der Waals surface area contributed by atoms with E-state index in [1.165, 1.54) is 7.11 Å². The van der Waals surface area contributed by atoms with Crippen molar-refractivity contribution in [1.82, 2.24) is 10.6 Å². The second-order valence-corrected chi connectivity index (χ2v) is 10.2. The molecule has 1 fully saturated rings. The lowest BCUT2D eigenvalue weighted by Crippen LogP contribution is -2.58. The second-order valence-electron chi connectivity index (χ2n) is 8.93. The maximum atomic E-state index is 13.1. The van der Waals surface area contributed by atoms with Gasteiger partial charge >= 0.3 is 12.1 Å². The Hall–Kier alpha value is -3.04. The molecule has 1 heterocycles. The topological polar surface area (TPSA) is 114 Å². The van der Waals surface area contributed by atoms with Gasteiger partial charge in [-0.05, 0) is 46.6 Å². The van der Waals surface area contributed by atoms with Gasteiger partial charge in [0.25, 0.3) is 0 Å². The largest absolute Gasteiger partial charge is 0.481 e. The van der Waals surface area contributed by atoms with E-state index < -0.39 is 29.6 Å². The highest BCUT2D eigenvalue weighted by Crippen LogP contribution is 2.44. The molecule has 186 valence electrons. The lowest BCUT2D eigenvalue weighted by atomic mass is 9.88. The summed E-state index contributed by atoms with van der Waals surface area (Å²) in [5.41, 5.74) is 3.62. The number of fused-ring (bicyclic) bond motifs is 3. The zero-order valence-corrected chi connectivity index (χ0v) is 20.4. The molecule has 2 aromatic rings. The van der Waals surface area contributed by atoms with Gasteiger partial charge in [0.1, 0.15) is 12.6 Å². The number of thioether (sulfide) groups is 1. The summed E-state index contributed by atoms with van der Waals surface area (Å²) in [6.45, 7) is 0.0648. The number of methoxy groups -OCH3 is 1. The highest BCUT2D eigenvalue weighted by molar-refractivity contribution is 7.99. The van der Waals surface area contributed by atoms with Gasteiger partial charge in [0.05, 0.1) is 18.6 Å². The molecule has 0 radical (unpaired) electrons. The van der Waals surface area contributed by atoms with Gasteiger partial charge in [0.15, 0.2) is 0 Å². The fraction of sp³-hybridized carbons (Fsp3) is 0.423. The van der Waals surface area contributed by atoms with Crippen LogP contribution >= 0.6 is 11.8 Å². The Morgan fingerprint density at radius 2 is 1.66 bits per heavy atom. The molecule has 8 nitrogen and oxygen atoms in total. The summed E-state index contributed by atoms with van der Waals surface area (Å²) >= 11 is 1.73. The Labute approximate surface area is 208 Å². The third-order valence-electron chi connectivity index (χ3n) is 6.61. The normalized spacial score (nSPS) is 17.1. The molecule has 1 saturated heterocycles. The third-order valence-corrected chi connectivity index (χ3v) is 7.60. The van der Waals surface area contributed by atoms with Crippen LogP contribution in [0.3, 0.4) is 0 Å². The van der Waals surface area contributed by atoms with Crippen molar-refractivity contribution in [1.29, 1.82) is 0 Å². The van der Waals surface area contributed by atoms with E-state index in [0.29, 0.717) is 12.8 Å². The first-order valence-electron chi connectivity index (χ1n) is 11.6. The molecular formula is C26H30N2O6S. The van der Waals surface area contributed by atoms with Crippen molar-refractivity contribution < 1.29 is 29.0 Å². The zero-order chi connectivity index (χ0) is 24.8. The van der Waals surface area contributed by atoms with Gasteiger partial charge in [-0.2, -0.15) is 11.8 Å². The Balaban J connectivity index is 1.40. The number of nitrogens with one attached hydrogen (secondary N) is 2. The predicted molar refractivity (Wildman–Crippen MR) is 134 cm³/mol. The number of carboxylic acids is 1. The molecule has 4 rings (SSSR count). The van der Waals surface area contributed by atoms with E-state index in [2.05, 4.69) is 22.8 Å². The number of rotatable bonds is 9. The minimum atomic E-state index is -1.00. The van der Waals surface area contributed by atoms with Gasteiger partial charge in [0.2, 0.25) is 5.91 Å². The molecule has 2 aliphatic rings. The molecular weight excluding hydrogens is 468 g/mol. The van der Waals surface area contributed by atoms with Crippen LogP contribution in [0.25, 0.3) is 11.1 Å². The first kappa shape index (κ1) is 25.1. The van der Waals surface area contributed by atoms with Crippen LogP contribution in [0.1, 0.15) is 36.3 Å². The monoisotopic (exact) mass is 498 g/mol. The molecule has 35 heavy (non-hydrogen) atoms. The van der Waals surface area contributed by atoms with Crippen LogP contribution in [-0.4, -0.2) is 66.5 Å². The molecule has 1 aliphatic heterocycles. The molecule has 0 saturated carbocycles. The third kappa shape index (κ3) is 5.79. The van der Waals surface area contributed by atoms with Gasteiger partial charge in [-0.15, -0.1) is 0 Å². The highest BCUT2D eigenvalue weighted by atomic mass is 32.2. The first-order valence-corrected chi connectivity index (χ1v) is 12.8. The van der Waals surface area contributed by atoms with Crippen molar-refractivity contribution in [2.45, 2.75) is 36.8 Å². The molecule has 0 spiro atoms. The molecule has 9 heteroatoms. The SMILES string of the molecule is COCC(NC(=O)OCC1c2ccccc2-c2ccccc21)C(=O)NC1(CC(=O)O)CCSCC1. The minimum absolute atomic E-state index is 0.0616. The van der Waals surface area contributed by atoms with Crippen molar-refractivity contribution >= 4 is 29.7 Å². The van der Waals surface area contributed by atoms with E-state index >= 15 is 0 Å². The number of aliphatic carboxylic acids is 1. The number of amides is 2. The smallest absolute Gasteiger partial charge is 0.407 e. The average Bonchev–Trinajstić information content (AvgIpc) is 3.16. The second kappa shape index (κ2) is 11.1. The average molecular weight is 499 g/mol. The number of alkyl carbamates (subject to hydrolysis) is 1. The van der Waals surface area contributed by atoms with E-state index in [1.807, 2.05) is 36.4 Å². The van der Waals surface area contributed by atoms with Crippen LogP contribution in [0.15, 0.2) is 48.5 Å². The number of carbonyl (C=O) groups excluding carboxylic acids is 2. The van der Waals surface area contributed by atoms with Gasteiger partial charge in [-0.3, -0.25) is 9.59 Å². The molecule has 3 N–H and O–H groups in total. The fourth-order valence-corrected chi connectivity index (χ4v) is 6.15. The number of benzene rings is 2. The molecule has 2 amide bonds. The van der Waals surface area contributed by atoms with Crippen LogP contribution in [0.2, 0.25) is 0 Å². The lowest BCUT2D eigenvalue weighted by Gasteiger charge is -2.37. The quantitative estimate of drug-likeness (QED) is 0.486. The molecule has 1 aliphatic carbocycles. The maximum Gasteiger partial charge on any atom is 0.407 e. The summed E-state index contributed by atoms with van der Waals surface area (Å²) in [7, 11) is 1.43. The van der Waals surface area contributed by atoms with Crippen molar-refractivity contribution in [2.75, 3.05) is 31.8 Å². The van der Waals surface area contributed by atoms with E-state index in [-0.39, 0.29) is 25.6 Å². The Bertz CT molecular complexity index is 1040. The summed E-state index contributed by atoms with van der Waals surface area (Å²) in [5.74, 6) is -0.00938. The van der Waals surface area contributed by atoms with Crippen molar-refractivity contribution in [3.8, 4) is 11.1 Å². The van der Waals surface area contributed by atoms with Crippen LogP contribution in [0.4, 0.5) is 4.79 Å². The molecule has 0 aromatic heterocycles.